The molecule has 0 radical (unpaired) electrons. The minimum atomic E-state index is 0.318. The number of rotatable bonds is 4. The molecule has 122 valence electrons. The van der Waals surface area contributed by atoms with Crippen molar-refractivity contribution < 1.29 is 0 Å². The molecule has 7 heteroatoms. The lowest BCUT2D eigenvalue weighted by Crippen LogP contribution is -2.06. The Balaban J connectivity index is 2.13. The summed E-state index contributed by atoms with van der Waals surface area (Å²) in [7, 11) is 0. The van der Waals surface area contributed by atoms with Crippen molar-refractivity contribution in [1.82, 2.24) is 29.5 Å². The van der Waals surface area contributed by atoms with Crippen molar-refractivity contribution in [2.45, 2.75) is 54.1 Å². The van der Waals surface area contributed by atoms with Crippen LogP contribution in [0.3, 0.4) is 0 Å². The number of aryl methyl sites for hydroxylation is 3. The van der Waals surface area contributed by atoms with Gasteiger partial charge in [-0.15, -0.1) is 0 Å². The summed E-state index contributed by atoms with van der Waals surface area (Å²) in [5, 5.41) is 12.6. The maximum Gasteiger partial charge on any atom is 0.160 e. The van der Waals surface area contributed by atoms with Crippen LogP contribution >= 0.6 is 0 Å². The second-order valence-electron chi connectivity index (χ2n) is 6.03. The van der Waals surface area contributed by atoms with E-state index in [2.05, 4.69) is 53.2 Å². The maximum absolute atomic E-state index is 4.62. The minimum absolute atomic E-state index is 0.318. The summed E-state index contributed by atoms with van der Waals surface area (Å²) in [6.45, 7) is 13.1. The quantitative estimate of drug-likeness (QED) is 0.800. The highest BCUT2D eigenvalue weighted by Crippen LogP contribution is 2.29. The standard InChI is InChI=1S/C16H23N7/c1-7-22-15-14(11(5)20-22)17-8-18-16(15)19-13-10(4)21-23(9(2)3)12(13)6/h8-9H,7H2,1-6H3,(H,17,18,19). The van der Waals surface area contributed by atoms with Crippen LogP contribution in [0.25, 0.3) is 11.0 Å². The van der Waals surface area contributed by atoms with Crippen LogP contribution in [0.4, 0.5) is 11.5 Å². The van der Waals surface area contributed by atoms with E-state index in [0.29, 0.717) is 6.04 Å². The molecule has 0 aliphatic rings. The third-order valence-electron chi connectivity index (χ3n) is 4.05. The van der Waals surface area contributed by atoms with Gasteiger partial charge in [0, 0.05) is 12.6 Å². The van der Waals surface area contributed by atoms with E-state index in [-0.39, 0.29) is 0 Å². The molecule has 0 amide bonds. The molecule has 0 aromatic carbocycles. The van der Waals surface area contributed by atoms with E-state index in [0.717, 1.165) is 46.2 Å². The van der Waals surface area contributed by atoms with Crippen molar-refractivity contribution in [3.8, 4) is 0 Å². The molecule has 3 aromatic heterocycles. The molecule has 3 aromatic rings. The van der Waals surface area contributed by atoms with Crippen molar-refractivity contribution in [2.24, 2.45) is 0 Å². The molecular weight excluding hydrogens is 290 g/mol. The summed E-state index contributed by atoms with van der Waals surface area (Å²) in [6.07, 6.45) is 1.58. The van der Waals surface area contributed by atoms with E-state index in [9.17, 15) is 0 Å². The highest BCUT2D eigenvalue weighted by Gasteiger charge is 2.18. The topological polar surface area (TPSA) is 73.5 Å². The Labute approximate surface area is 135 Å². The number of aromatic nitrogens is 6. The molecule has 0 fully saturated rings. The Bertz CT molecular complexity index is 857. The molecule has 0 atom stereocenters. The third kappa shape index (κ3) is 2.46. The van der Waals surface area contributed by atoms with E-state index >= 15 is 0 Å². The summed E-state index contributed by atoms with van der Waals surface area (Å²) in [5.74, 6) is 0.770. The lowest BCUT2D eigenvalue weighted by atomic mass is 10.3. The molecule has 0 aliphatic carbocycles. The Morgan fingerprint density at radius 3 is 2.43 bits per heavy atom. The molecule has 0 bridgehead atoms. The van der Waals surface area contributed by atoms with Gasteiger partial charge in [0.25, 0.3) is 0 Å². The van der Waals surface area contributed by atoms with Gasteiger partial charge in [0.05, 0.1) is 22.8 Å². The lowest BCUT2D eigenvalue weighted by Gasteiger charge is -2.10. The van der Waals surface area contributed by atoms with E-state index in [1.165, 1.54) is 0 Å². The summed E-state index contributed by atoms with van der Waals surface area (Å²) < 4.78 is 3.96. The van der Waals surface area contributed by atoms with Crippen LogP contribution in [-0.4, -0.2) is 29.5 Å². The number of anilines is 2. The Hall–Kier alpha value is -2.44. The first-order valence-electron chi connectivity index (χ1n) is 7.94. The van der Waals surface area contributed by atoms with Gasteiger partial charge in [0.2, 0.25) is 0 Å². The first kappa shape index (κ1) is 15.5. The zero-order valence-electron chi connectivity index (χ0n) is 14.5. The second kappa shape index (κ2) is 5.64. The van der Waals surface area contributed by atoms with E-state index in [1.54, 1.807) is 6.33 Å². The summed E-state index contributed by atoms with van der Waals surface area (Å²) in [6, 6.07) is 0.318. The smallest absolute Gasteiger partial charge is 0.160 e. The first-order valence-corrected chi connectivity index (χ1v) is 7.94. The van der Waals surface area contributed by atoms with E-state index in [4.69, 9.17) is 0 Å². The van der Waals surface area contributed by atoms with Crippen LogP contribution in [0, 0.1) is 20.8 Å². The number of hydrogen-bond donors (Lipinski definition) is 1. The molecule has 3 rings (SSSR count). The zero-order chi connectivity index (χ0) is 16.7. The Morgan fingerprint density at radius 2 is 1.83 bits per heavy atom. The number of nitrogens with one attached hydrogen (secondary N) is 1. The summed E-state index contributed by atoms with van der Waals surface area (Å²) in [4.78, 5) is 8.82. The second-order valence-corrected chi connectivity index (χ2v) is 6.03. The molecule has 3 heterocycles. The Kier molecular flexibility index (Phi) is 3.79. The fourth-order valence-corrected chi connectivity index (χ4v) is 2.95. The molecular formula is C16H23N7. The van der Waals surface area contributed by atoms with Crippen molar-refractivity contribution in [3.05, 3.63) is 23.4 Å². The van der Waals surface area contributed by atoms with Crippen molar-refractivity contribution in [1.29, 1.82) is 0 Å². The highest BCUT2D eigenvalue weighted by molar-refractivity contribution is 5.89. The van der Waals surface area contributed by atoms with Gasteiger partial charge in [-0.25, -0.2) is 9.97 Å². The van der Waals surface area contributed by atoms with Gasteiger partial charge in [0.15, 0.2) is 5.82 Å². The number of fused-ring (bicyclic) bond motifs is 1. The van der Waals surface area contributed by atoms with Crippen molar-refractivity contribution in [3.63, 3.8) is 0 Å². The molecule has 0 saturated heterocycles. The molecule has 0 saturated carbocycles. The number of hydrogen-bond acceptors (Lipinski definition) is 5. The van der Waals surface area contributed by atoms with Gasteiger partial charge in [0.1, 0.15) is 17.4 Å². The monoisotopic (exact) mass is 313 g/mol. The third-order valence-corrected chi connectivity index (χ3v) is 4.05. The van der Waals surface area contributed by atoms with Crippen LogP contribution in [0.15, 0.2) is 6.33 Å². The normalized spacial score (nSPS) is 11.6. The van der Waals surface area contributed by atoms with Crippen LogP contribution in [0.2, 0.25) is 0 Å². The first-order chi connectivity index (χ1) is 10.9. The predicted octanol–water partition coefficient (Wildman–Crippen LogP) is 3.29. The average Bonchev–Trinajstić information content (AvgIpc) is 2.99. The van der Waals surface area contributed by atoms with E-state index in [1.807, 2.05) is 23.2 Å². The summed E-state index contributed by atoms with van der Waals surface area (Å²) in [5.41, 5.74) is 5.80. The van der Waals surface area contributed by atoms with Crippen molar-refractivity contribution in [2.75, 3.05) is 5.32 Å². The highest BCUT2D eigenvalue weighted by atomic mass is 15.3. The van der Waals surface area contributed by atoms with Crippen LogP contribution in [0.5, 0.6) is 0 Å². The SMILES string of the molecule is CCn1nc(C)c2ncnc(Nc3c(C)nn(C(C)C)c3C)c21. The van der Waals surface area contributed by atoms with Gasteiger partial charge in [-0.3, -0.25) is 9.36 Å². The fourth-order valence-electron chi connectivity index (χ4n) is 2.95. The molecule has 0 spiro atoms. The van der Waals surface area contributed by atoms with Crippen LogP contribution in [-0.2, 0) is 6.54 Å². The minimum Gasteiger partial charge on any atom is -0.335 e. The predicted molar refractivity (Wildman–Crippen MR) is 91.1 cm³/mol. The number of nitrogens with zero attached hydrogens (tertiary/aromatic N) is 6. The van der Waals surface area contributed by atoms with Gasteiger partial charge in [-0.1, -0.05) is 0 Å². The molecule has 23 heavy (non-hydrogen) atoms. The lowest BCUT2D eigenvalue weighted by molar-refractivity contribution is 0.516. The van der Waals surface area contributed by atoms with Crippen LogP contribution in [0.1, 0.15) is 43.9 Å². The maximum atomic E-state index is 4.62. The fraction of sp³-hybridized carbons (Fsp3) is 0.500. The summed E-state index contributed by atoms with van der Waals surface area (Å²) >= 11 is 0. The van der Waals surface area contributed by atoms with Crippen molar-refractivity contribution >= 4 is 22.5 Å². The Morgan fingerprint density at radius 1 is 1.09 bits per heavy atom. The van der Waals surface area contributed by atoms with Gasteiger partial charge >= 0.3 is 0 Å². The molecule has 0 aliphatic heterocycles. The van der Waals surface area contributed by atoms with Gasteiger partial charge in [-0.2, -0.15) is 10.2 Å². The largest absolute Gasteiger partial charge is 0.335 e. The van der Waals surface area contributed by atoms with E-state index < -0.39 is 0 Å². The van der Waals surface area contributed by atoms with Gasteiger partial charge < -0.3 is 5.32 Å². The molecule has 7 nitrogen and oxygen atoms in total. The van der Waals surface area contributed by atoms with Gasteiger partial charge in [-0.05, 0) is 41.5 Å². The average molecular weight is 313 g/mol. The van der Waals surface area contributed by atoms with Crippen LogP contribution < -0.4 is 5.32 Å². The zero-order valence-corrected chi connectivity index (χ0v) is 14.5. The molecule has 0 unspecified atom stereocenters. The molecule has 1 N–H and O–H groups in total.